The third-order valence-electron chi connectivity index (χ3n) is 0.902. The molecule has 0 aliphatic heterocycles. The van der Waals surface area contributed by atoms with Gasteiger partial charge in [-0.15, -0.1) is 12.2 Å². The molecule has 0 saturated carbocycles. The molecular weight excluding hydrogens is 167 g/mol. The van der Waals surface area contributed by atoms with E-state index >= 15 is 0 Å². The summed E-state index contributed by atoms with van der Waals surface area (Å²) >= 11 is 0. The molecule has 0 heterocycles. The molecule has 1 aliphatic rings. The van der Waals surface area contributed by atoms with Gasteiger partial charge in [0.25, 0.3) is 0 Å². The van der Waals surface area contributed by atoms with Crippen molar-refractivity contribution in [1.82, 2.24) is 0 Å². The molecule has 0 aromatic rings. The zero-order chi connectivity index (χ0) is 7.11. The molecule has 0 saturated heterocycles. The van der Waals surface area contributed by atoms with Crippen molar-refractivity contribution < 1.29 is 21.9 Å². The van der Waals surface area contributed by atoms with Gasteiger partial charge < -0.3 is 11.4 Å². The Bertz CT molecular complexity index is 147. The first-order chi connectivity index (χ1) is 4.43. The summed E-state index contributed by atoms with van der Waals surface area (Å²) in [7, 11) is 0. The maximum Gasteiger partial charge on any atom is 2.00 e. The molecule has 53 valence electrons. The summed E-state index contributed by atoms with van der Waals surface area (Å²) < 4.78 is 0. The first-order valence-corrected chi connectivity index (χ1v) is 2.58. The average Bonchev–Trinajstić information content (AvgIpc) is 2.43. The quantitative estimate of drug-likeness (QED) is 0.436. The van der Waals surface area contributed by atoms with Crippen molar-refractivity contribution in [2.75, 3.05) is 0 Å². The minimum absolute atomic E-state index is 0. The minimum atomic E-state index is 0. The standard InChI is InChI=1S/C6H5O.C2H3.Mn/c7-5-6-3-1-2-4-6;1-2;/h1-3H,4H2;1H,2H2;/q2*-1;+2. The van der Waals surface area contributed by atoms with Gasteiger partial charge in [-0.2, -0.15) is 5.57 Å². The molecule has 10 heavy (non-hydrogen) atoms. The van der Waals surface area contributed by atoms with Crippen molar-refractivity contribution in [2.45, 2.75) is 6.42 Å². The molecule has 0 fully saturated rings. The largest absolute Gasteiger partial charge is 2.00 e. The Morgan fingerprint density at radius 3 is 2.40 bits per heavy atom. The van der Waals surface area contributed by atoms with Crippen molar-refractivity contribution in [3.63, 3.8) is 0 Å². The van der Waals surface area contributed by atoms with Crippen LogP contribution in [0.3, 0.4) is 0 Å². The predicted octanol–water partition coefficient (Wildman–Crippen LogP) is 1.59. The van der Waals surface area contributed by atoms with Crippen LogP contribution in [-0.4, -0.2) is 6.29 Å². The summed E-state index contributed by atoms with van der Waals surface area (Å²) in [4.78, 5) is 9.77. The summed E-state index contributed by atoms with van der Waals surface area (Å²) in [5.74, 6) is 0. The van der Waals surface area contributed by atoms with Crippen LogP contribution in [0, 0.1) is 6.58 Å². The van der Waals surface area contributed by atoms with Gasteiger partial charge in [-0.1, -0.05) is 0 Å². The second kappa shape index (κ2) is 8.41. The van der Waals surface area contributed by atoms with E-state index in [0.29, 0.717) is 0 Å². The van der Waals surface area contributed by atoms with E-state index < -0.39 is 0 Å². The van der Waals surface area contributed by atoms with Crippen molar-refractivity contribution >= 4 is 6.29 Å². The molecule has 1 radical (unpaired) electrons. The SMILES string of the molecule is O=[C-]C1=CC=CC1.[CH-]=C.[Mn+2]. The van der Waals surface area contributed by atoms with Gasteiger partial charge in [-0.3, -0.25) is 6.58 Å². The first kappa shape index (κ1) is 12.1. The Labute approximate surface area is 72.0 Å². The molecule has 1 nitrogen and oxygen atoms in total. The predicted molar refractivity (Wildman–Crippen MR) is 37.5 cm³/mol. The van der Waals surface area contributed by atoms with E-state index in [-0.39, 0.29) is 17.1 Å². The number of rotatable bonds is 1. The van der Waals surface area contributed by atoms with Crippen molar-refractivity contribution in [3.8, 4) is 0 Å². The maximum absolute atomic E-state index is 9.77. The molecule has 0 aromatic heterocycles. The monoisotopic (exact) mass is 175 g/mol. The Kier molecular flexibility index (Phi) is 10.2. The van der Waals surface area contributed by atoms with Gasteiger partial charge >= 0.3 is 17.1 Å². The summed E-state index contributed by atoms with van der Waals surface area (Å²) in [6.45, 7) is 7.00. The van der Waals surface area contributed by atoms with Crippen LogP contribution >= 0.6 is 0 Å². The number of hydrogen-bond acceptors (Lipinski definition) is 1. The molecule has 1 aliphatic carbocycles. The Morgan fingerprint density at radius 1 is 1.60 bits per heavy atom. The van der Waals surface area contributed by atoms with Gasteiger partial charge in [0.15, 0.2) is 0 Å². The topological polar surface area (TPSA) is 17.1 Å². The molecule has 0 atom stereocenters. The normalized spacial score (nSPS) is 12.2. The average molecular weight is 175 g/mol. The van der Waals surface area contributed by atoms with Crippen LogP contribution in [0.2, 0.25) is 0 Å². The van der Waals surface area contributed by atoms with E-state index in [0.717, 1.165) is 12.0 Å². The van der Waals surface area contributed by atoms with Crippen LogP contribution in [0.25, 0.3) is 0 Å². The Hall–Kier alpha value is -0.591. The summed E-state index contributed by atoms with van der Waals surface area (Å²) in [6, 6.07) is 0. The van der Waals surface area contributed by atoms with Gasteiger partial charge in [-0.05, 0) is 12.7 Å². The van der Waals surface area contributed by atoms with E-state index in [2.05, 4.69) is 13.2 Å². The van der Waals surface area contributed by atoms with E-state index in [1.165, 1.54) is 0 Å². The Morgan fingerprint density at radius 2 is 2.20 bits per heavy atom. The zero-order valence-corrected chi connectivity index (χ0v) is 6.69. The van der Waals surface area contributed by atoms with Crippen molar-refractivity contribution in [1.29, 1.82) is 0 Å². The molecule has 0 unspecified atom stereocenters. The van der Waals surface area contributed by atoms with Crippen LogP contribution < -0.4 is 0 Å². The third-order valence-corrected chi connectivity index (χ3v) is 0.902. The van der Waals surface area contributed by atoms with Gasteiger partial charge in [0.2, 0.25) is 0 Å². The fourth-order valence-corrected chi connectivity index (χ4v) is 0.523. The smallest absolute Gasteiger partial charge is 0.521 e. The number of carbonyl (C=O) groups excluding carboxylic acids is 1. The zero-order valence-electron chi connectivity index (χ0n) is 5.51. The summed E-state index contributed by atoms with van der Waals surface area (Å²) in [5, 5.41) is 0. The van der Waals surface area contributed by atoms with Gasteiger partial charge in [-0.25, -0.2) is 6.08 Å². The number of allylic oxidation sites excluding steroid dienone is 4. The second-order valence-electron chi connectivity index (χ2n) is 1.43. The van der Waals surface area contributed by atoms with Crippen LogP contribution in [0.4, 0.5) is 0 Å². The van der Waals surface area contributed by atoms with Crippen LogP contribution in [-0.2, 0) is 21.9 Å². The Balaban J connectivity index is 0. The molecule has 0 N–H and O–H groups in total. The fourth-order valence-electron chi connectivity index (χ4n) is 0.523. The van der Waals surface area contributed by atoms with Crippen LogP contribution in [0.1, 0.15) is 6.42 Å². The van der Waals surface area contributed by atoms with E-state index in [1.54, 1.807) is 6.08 Å². The number of hydrogen-bond donors (Lipinski definition) is 0. The van der Waals surface area contributed by atoms with Crippen LogP contribution in [0.15, 0.2) is 30.4 Å². The minimum Gasteiger partial charge on any atom is -0.521 e. The molecule has 2 heteroatoms. The fraction of sp³-hybridized carbons (Fsp3) is 0.125. The molecule has 0 amide bonds. The van der Waals surface area contributed by atoms with Crippen molar-refractivity contribution in [3.05, 3.63) is 37.0 Å². The second-order valence-corrected chi connectivity index (χ2v) is 1.43. The third kappa shape index (κ3) is 4.30. The van der Waals surface area contributed by atoms with Gasteiger partial charge in [0.05, 0.1) is 0 Å². The molecule has 0 aromatic carbocycles. The van der Waals surface area contributed by atoms with E-state index in [4.69, 9.17) is 0 Å². The maximum atomic E-state index is 9.77. The van der Waals surface area contributed by atoms with Gasteiger partial charge in [0.1, 0.15) is 0 Å². The van der Waals surface area contributed by atoms with Crippen molar-refractivity contribution in [2.24, 2.45) is 0 Å². The molecular formula is C8H8MnO. The molecule has 0 bridgehead atoms. The van der Waals surface area contributed by atoms with Gasteiger partial charge in [0, 0.05) is 0 Å². The molecule has 0 spiro atoms. The van der Waals surface area contributed by atoms with Crippen LogP contribution in [0.5, 0.6) is 0 Å². The first-order valence-electron chi connectivity index (χ1n) is 2.58. The van der Waals surface area contributed by atoms with E-state index in [1.807, 2.05) is 18.4 Å². The van der Waals surface area contributed by atoms with E-state index in [9.17, 15) is 4.79 Å². The molecule has 1 rings (SSSR count). The summed E-state index contributed by atoms with van der Waals surface area (Å²) in [6.07, 6.45) is 8.14. The summed E-state index contributed by atoms with van der Waals surface area (Å²) in [5.41, 5.74) is 0.750.